The molecule has 1 fully saturated rings. The number of aryl methyl sites for hydroxylation is 1. The van der Waals surface area contributed by atoms with Gasteiger partial charge >= 0.3 is 5.69 Å². The van der Waals surface area contributed by atoms with Crippen molar-refractivity contribution in [2.75, 3.05) is 31.1 Å². The monoisotopic (exact) mass is 315 g/mol. The Morgan fingerprint density at radius 1 is 1.09 bits per heavy atom. The molecule has 1 aromatic heterocycles. The number of rotatable bonds is 6. The minimum atomic E-state index is -0.0592. The molecule has 0 aliphatic carbocycles. The van der Waals surface area contributed by atoms with Crippen LogP contribution in [0.3, 0.4) is 0 Å². The number of unbranched alkanes of at least 4 members (excludes halogenated alkanes) is 2. The van der Waals surface area contributed by atoms with Crippen molar-refractivity contribution in [3.05, 3.63) is 41.1 Å². The predicted molar refractivity (Wildman–Crippen MR) is 92.4 cm³/mol. The zero-order chi connectivity index (χ0) is 16.1. The second kappa shape index (κ2) is 7.46. The van der Waals surface area contributed by atoms with Gasteiger partial charge in [-0.1, -0.05) is 19.8 Å². The first-order valence-corrected chi connectivity index (χ1v) is 8.50. The number of benzene rings is 1. The van der Waals surface area contributed by atoms with Gasteiger partial charge in [-0.2, -0.15) is 5.10 Å². The summed E-state index contributed by atoms with van der Waals surface area (Å²) >= 11 is 0. The van der Waals surface area contributed by atoms with E-state index in [1.807, 2.05) is 12.1 Å². The summed E-state index contributed by atoms with van der Waals surface area (Å²) in [5.41, 5.74) is 2.02. The van der Waals surface area contributed by atoms with Crippen LogP contribution in [-0.4, -0.2) is 40.5 Å². The first-order valence-electron chi connectivity index (χ1n) is 8.50. The Labute approximate surface area is 136 Å². The molecule has 6 nitrogen and oxygen atoms in total. The number of hydrogen-bond acceptors (Lipinski definition) is 4. The molecule has 3 rings (SSSR count). The number of anilines is 1. The molecule has 0 atom stereocenters. The third-order valence-electron chi connectivity index (χ3n) is 4.32. The van der Waals surface area contributed by atoms with Gasteiger partial charge in [0.1, 0.15) is 6.33 Å². The van der Waals surface area contributed by atoms with Crippen molar-refractivity contribution in [3.8, 4) is 5.69 Å². The van der Waals surface area contributed by atoms with Crippen LogP contribution >= 0.6 is 0 Å². The number of piperazine rings is 1. The van der Waals surface area contributed by atoms with Crippen molar-refractivity contribution in [2.45, 2.75) is 32.7 Å². The maximum Gasteiger partial charge on any atom is 0.350 e. The van der Waals surface area contributed by atoms with Crippen molar-refractivity contribution in [3.63, 3.8) is 0 Å². The molecule has 0 spiro atoms. The van der Waals surface area contributed by atoms with E-state index in [1.165, 1.54) is 5.69 Å². The lowest BCUT2D eigenvalue weighted by molar-refractivity contribution is 0.535. The predicted octanol–water partition coefficient (Wildman–Crippen LogP) is 1.63. The van der Waals surface area contributed by atoms with Gasteiger partial charge in [0, 0.05) is 38.4 Å². The van der Waals surface area contributed by atoms with E-state index in [2.05, 4.69) is 34.4 Å². The van der Waals surface area contributed by atoms with Gasteiger partial charge in [0.15, 0.2) is 0 Å². The van der Waals surface area contributed by atoms with Gasteiger partial charge in [0.05, 0.1) is 5.69 Å². The van der Waals surface area contributed by atoms with Crippen molar-refractivity contribution < 1.29 is 0 Å². The SMILES string of the molecule is CCCCCn1ncn(-c2ccc(N3CCNCC3)cc2)c1=O. The summed E-state index contributed by atoms with van der Waals surface area (Å²) in [5.74, 6) is 0. The smallest absolute Gasteiger partial charge is 0.350 e. The highest BCUT2D eigenvalue weighted by atomic mass is 16.2. The van der Waals surface area contributed by atoms with E-state index in [0.717, 1.165) is 51.1 Å². The molecule has 0 radical (unpaired) electrons. The Bertz CT molecular complexity index is 667. The van der Waals surface area contributed by atoms with Gasteiger partial charge in [-0.05, 0) is 30.7 Å². The van der Waals surface area contributed by atoms with E-state index in [4.69, 9.17) is 0 Å². The Morgan fingerprint density at radius 3 is 2.48 bits per heavy atom. The largest absolute Gasteiger partial charge is 0.369 e. The lowest BCUT2D eigenvalue weighted by Crippen LogP contribution is -2.43. The van der Waals surface area contributed by atoms with E-state index in [0.29, 0.717) is 6.54 Å². The molecule has 1 aliphatic rings. The molecular formula is C17H25N5O. The topological polar surface area (TPSA) is 55.1 Å². The quantitative estimate of drug-likeness (QED) is 0.823. The van der Waals surface area contributed by atoms with E-state index in [1.54, 1.807) is 15.6 Å². The summed E-state index contributed by atoms with van der Waals surface area (Å²) in [6, 6.07) is 8.16. The summed E-state index contributed by atoms with van der Waals surface area (Å²) in [4.78, 5) is 14.8. The van der Waals surface area contributed by atoms with Gasteiger partial charge in [0.2, 0.25) is 0 Å². The summed E-state index contributed by atoms with van der Waals surface area (Å²) in [6.45, 7) is 6.93. The third kappa shape index (κ3) is 3.64. The van der Waals surface area contributed by atoms with Crippen LogP contribution in [-0.2, 0) is 6.54 Å². The highest BCUT2D eigenvalue weighted by molar-refractivity contribution is 5.51. The fourth-order valence-electron chi connectivity index (χ4n) is 2.93. The van der Waals surface area contributed by atoms with Crippen LogP contribution in [0, 0.1) is 0 Å². The molecule has 1 aromatic carbocycles. The maximum atomic E-state index is 12.4. The highest BCUT2D eigenvalue weighted by Crippen LogP contribution is 2.17. The van der Waals surface area contributed by atoms with Crippen molar-refractivity contribution in [2.24, 2.45) is 0 Å². The van der Waals surface area contributed by atoms with Crippen LogP contribution in [0.15, 0.2) is 35.4 Å². The average molecular weight is 315 g/mol. The van der Waals surface area contributed by atoms with E-state index in [-0.39, 0.29) is 5.69 Å². The van der Waals surface area contributed by atoms with Crippen LogP contribution in [0.2, 0.25) is 0 Å². The number of hydrogen-bond donors (Lipinski definition) is 1. The lowest BCUT2D eigenvalue weighted by atomic mass is 10.2. The fraction of sp³-hybridized carbons (Fsp3) is 0.529. The summed E-state index contributed by atoms with van der Waals surface area (Å²) in [7, 11) is 0. The Hall–Kier alpha value is -2.08. The van der Waals surface area contributed by atoms with Crippen LogP contribution in [0.1, 0.15) is 26.2 Å². The van der Waals surface area contributed by atoms with Crippen molar-refractivity contribution >= 4 is 5.69 Å². The Kier molecular flexibility index (Phi) is 5.12. The molecule has 2 heterocycles. The third-order valence-corrected chi connectivity index (χ3v) is 4.32. The minimum Gasteiger partial charge on any atom is -0.369 e. The Morgan fingerprint density at radius 2 is 1.78 bits per heavy atom. The van der Waals surface area contributed by atoms with Crippen LogP contribution in [0.5, 0.6) is 0 Å². The second-order valence-electron chi connectivity index (χ2n) is 5.97. The minimum absolute atomic E-state index is 0.0592. The second-order valence-corrected chi connectivity index (χ2v) is 5.97. The molecule has 1 saturated heterocycles. The summed E-state index contributed by atoms with van der Waals surface area (Å²) in [6.07, 6.45) is 4.88. The number of nitrogens with one attached hydrogen (secondary N) is 1. The van der Waals surface area contributed by atoms with Crippen LogP contribution < -0.4 is 15.9 Å². The van der Waals surface area contributed by atoms with Crippen molar-refractivity contribution in [1.29, 1.82) is 0 Å². The number of nitrogens with zero attached hydrogens (tertiary/aromatic N) is 4. The molecule has 0 saturated carbocycles. The zero-order valence-electron chi connectivity index (χ0n) is 13.7. The molecule has 6 heteroatoms. The van der Waals surface area contributed by atoms with Gasteiger partial charge < -0.3 is 10.2 Å². The molecular weight excluding hydrogens is 290 g/mol. The van der Waals surface area contributed by atoms with Gasteiger partial charge in [-0.15, -0.1) is 0 Å². The summed E-state index contributed by atoms with van der Waals surface area (Å²) in [5, 5.41) is 7.58. The number of aromatic nitrogens is 3. The maximum absolute atomic E-state index is 12.4. The van der Waals surface area contributed by atoms with E-state index in [9.17, 15) is 4.79 Å². The van der Waals surface area contributed by atoms with Gasteiger partial charge in [-0.3, -0.25) is 0 Å². The molecule has 1 aliphatic heterocycles. The normalized spacial score (nSPS) is 15.1. The van der Waals surface area contributed by atoms with Gasteiger partial charge in [0.25, 0.3) is 0 Å². The molecule has 0 unspecified atom stereocenters. The molecule has 2 aromatic rings. The van der Waals surface area contributed by atoms with Crippen molar-refractivity contribution in [1.82, 2.24) is 19.7 Å². The molecule has 0 amide bonds. The highest BCUT2D eigenvalue weighted by Gasteiger charge is 2.11. The fourth-order valence-corrected chi connectivity index (χ4v) is 2.93. The lowest BCUT2D eigenvalue weighted by Gasteiger charge is -2.29. The average Bonchev–Trinajstić information content (AvgIpc) is 2.97. The molecule has 0 bridgehead atoms. The van der Waals surface area contributed by atoms with Crippen LogP contribution in [0.25, 0.3) is 5.69 Å². The van der Waals surface area contributed by atoms with Crippen LogP contribution in [0.4, 0.5) is 5.69 Å². The standard InChI is InChI=1S/C17H25N5O/c1-2-3-4-11-22-17(23)21(14-19-22)16-7-5-15(6-8-16)20-12-9-18-10-13-20/h5-8,14,18H,2-4,9-13H2,1H3. The van der Waals surface area contributed by atoms with E-state index < -0.39 is 0 Å². The Balaban J connectivity index is 1.73. The first kappa shape index (κ1) is 15.8. The zero-order valence-corrected chi connectivity index (χ0v) is 13.7. The first-order chi connectivity index (χ1) is 11.3. The molecule has 23 heavy (non-hydrogen) atoms. The summed E-state index contributed by atoms with van der Waals surface area (Å²) < 4.78 is 3.17. The molecule has 1 N–H and O–H groups in total. The van der Waals surface area contributed by atoms with Gasteiger partial charge in [-0.25, -0.2) is 14.0 Å². The van der Waals surface area contributed by atoms with E-state index >= 15 is 0 Å². The molecule has 124 valence electrons.